The summed E-state index contributed by atoms with van der Waals surface area (Å²) < 4.78 is 16.2. The largest absolute Gasteiger partial charge is 0.493 e. The highest BCUT2D eigenvalue weighted by atomic mass is 16.5. The van der Waals surface area contributed by atoms with Crippen molar-refractivity contribution in [3.8, 4) is 11.5 Å². The van der Waals surface area contributed by atoms with Gasteiger partial charge in [-0.3, -0.25) is 14.5 Å². The van der Waals surface area contributed by atoms with Gasteiger partial charge in [0, 0.05) is 25.6 Å². The predicted molar refractivity (Wildman–Crippen MR) is 118 cm³/mol. The van der Waals surface area contributed by atoms with Gasteiger partial charge < -0.3 is 24.8 Å². The molecular weight excluding hydrogens is 414 g/mol. The van der Waals surface area contributed by atoms with Crippen LogP contribution in [-0.4, -0.2) is 67.8 Å². The van der Waals surface area contributed by atoms with Crippen molar-refractivity contribution in [2.45, 2.75) is 63.6 Å². The Morgan fingerprint density at radius 2 is 2.00 bits per heavy atom. The summed E-state index contributed by atoms with van der Waals surface area (Å²) in [6.45, 7) is 4.88. The highest BCUT2D eigenvalue weighted by molar-refractivity contribution is 6.04. The molecule has 2 aliphatic heterocycles. The van der Waals surface area contributed by atoms with Crippen molar-refractivity contribution < 1.29 is 28.6 Å². The number of methoxy groups -OCH3 is 2. The fourth-order valence-electron chi connectivity index (χ4n) is 4.19. The molecule has 4 amide bonds. The molecule has 2 N–H and O–H groups in total. The molecular formula is C23H33N3O6. The van der Waals surface area contributed by atoms with Crippen LogP contribution in [0.25, 0.3) is 0 Å². The van der Waals surface area contributed by atoms with Crippen LogP contribution in [0, 0.1) is 0 Å². The monoisotopic (exact) mass is 447 g/mol. The lowest BCUT2D eigenvalue weighted by Crippen LogP contribution is -2.46. The lowest BCUT2D eigenvalue weighted by Gasteiger charge is -2.35. The van der Waals surface area contributed by atoms with E-state index in [1.54, 1.807) is 20.3 Å². The van der Waals surface area contributed by atoms with Gasteiger partial charge in [-0.05, 0) is 57.2 Å². The molecule has 0 unspecified atom stereocenters. The number of urea groups is 1. The number of ether oxygens (including phenoxy) is 3. The Hall–Kier alpha value is -2.81. The minimum absolute atomic E-state index is 0.0677. The summed E-state index contributed by atoms with van der Waals surface area (Å²) in [6, 6.07) is 4.46. The molecule has 2 fully saturated rings. The molecule has 2 atom stereocenters. The zero-order valence-electron chi connectivity index (χ0n) is 19.2. The molecule has 0 bridgehead atoms. The van der Waals surface area contributed by atoms with E-state index in [4.69, 9.17) is 14.2 Å². The van der Waals surface area contributed by atoms with Crippen LogP contribution in [0.4, 0.5) is 4.79 Å². The maximum absolute atomic E-state index is 12.7. The van der Waals surface area contributed by atoms with Crippen LogP contribution in [0.5, 0.6) is 11.5 Å². The Morgan fingerprint density at radius 3 is 2.69 bits per heavy atom. The fourth-order valence-corrected chi connectivity index (χ4v) is 4.19. The van der Waals surface area contributed by atoms with Crippen LogP contribution in [0.15, 0.2) is 18.2 Å². The molecule has 0 spiro atoms. The van der Waals surface area contributed by atoms with Crippen molar-refractivity contribution in [3.05, 3.63) is 23.8 Å². The first-order chi connectivity index (χ1) is 15.2. The van der Waals surface area contributed by atoms with E-state index in [2.05, 4.69) is 10.6 Å². The summed E-state index contributed by atoms with van der Waals surface area (Å²) >= 11 is 0. The van der Waals surface area contributed by atoms with Crippen molar-refractivity contribution in [2.75, 3.05) is 27.4 Å². The van der Waals surface area contributed by atoms with Crippen molar-refractivity contribution in [2.24, 2.45) is 0 Å². The second-order valence-corrected chi connectivity index (χ2v) is 8.84. The second kappa shape index (κ2) is 10.2. The number of hydrogen-bond acceptors (Lipinski definition) is 6. The quantitative estimate of drug-likeness (QED) is 0.561. The van der Waals surface area contributed by atoms with E-state index in [1.807, 2.05) is 26.0 Å². The topological polar surface area (TPSA) is 106 Å². The molecule has 1 aromatic carbocycles. The Kier molecular flexibility index (Phi) is 7.60. The molecule has 0 aromatic heterocycles. The van der Waals surface area contributed by atoms with Crippen LogP contribution in [0.2, 0.25) is 0 Å². The summed E-state index contributed by atoms with van der Waals surface area (Å²) in [5, 5.41) is 5.72. The van der Waals surface area contributed by atoms with Crippen molar-refractivity contribution in [1.29, 1.82) is 0 Å². The van der Waals surface area contributed by atoms with Gasteiger partial charge in [0.2, 0.25) is 5.91 Å². The first-order valence-electron chi connectivity index (χ1n) is 11.0. The minimum Gasteiger partial charge on any atom is -0.493 e. The maximum Gasteiger partial charge on any atom is 0.324 e. The predicted octanol–water partition coefficient (Wildman–Crippen LogP) is 2.02. The number of imide groups is 1. The van der Waals surface area contributed by atoms with Gasteiger partial charge >= 0.3 is 6.03 Å². The number of amides is 4. The summed E-state index contributed by atoms with van der Waals surface area (Å²) in [5.74, 6) is 0.807. The highest BCUT2D eigenvalue weighted by Gasteiger charge is 2.38. The second-order valence-electron chi connectivity index (χ2n) is 8.84. The number of rotatable bonds is 9. The van der Waals surface area contributed by atoms with E-state index in [-0.39, 0.29) is 42.8 Å². The fraction of sp³-hybridized carbons (Fsp3) is 0.609. The third-order valence-electron chi connectivity index (χ3n) is 5.90. The number of carbonyl (C=O) groups is 3. The SMILES string of the molecule is COc1ccc(CCN2C(=O)N[C@H](CCC(=O)N[C@H]3CCOC(C)(C)C3)C2=O)cc1OC. The molecule has 1 aromatic rings. The average Bonchev–Trinajstić information content (AvgIpc) is 3.02. The summed E-state index contributed by atoms with van der Waals surface area (Å²) in [6.07, 6.45) is 2.47. The van der Waals surface area contributed by atoms with E-state index in [0.717, 1.165) is 18.4 Å². The number of carbonyl (C=O) groups excluding carboxylic acids is 3. The normalized spacial score (nSPS) is 22.4. The van der Waals surface area contributed by atoms with Gasteiger partial charge in [-0.15, -0.1) is 0 Å². The summed E-state index contributed by atoms with van der Waals surface area (Å²) in [7, 11) is 3.12. The molecule has 2 heterocycles. The zero-order valence-corrected chi connectivity index (χ0v) is 19.2. The standard InChI is InChI=1S/C23H33N3O6/c1-23(2)14-16(10-12-32-23)24-20(27)8-6-17-21(28)26(22(29)25-17)11-9-15-5-7-18(30-3)19(13-15)31-4/h5,7,13,16-17H,6,8-12,14H2,1-4H3,(H,24,27)(H,25,29)/t16-,17+/m0/s1. The first kappa shape index (κ1) is 23.8. The molecule has 0 radical (unpaired) electrons. The summed E-state index contributed by atoms with van der Waals surface area (Å²) in [4.78, 5) is 38.6. The van der Waals surface area contributed by atoms with Gasteiger partial charge in [-0.1, -0.05) is 6.07 Å². The van der Waals surface area contributed by atoms with Crippen molar-refractivity contribution >= 4 is 17.8 Å². The molecule has 2 aliphatic rings. The zero-order chi connectivity index (χ0) is 23.3. The minimum atomic E-state index is -0.676. The van der Waals surface area contributed by atoms with Crippen LogP contribution in [-0.2, 0) is 20.7 Å². The molecule has 0 saturated carbocycles. The van der Waals surface area contributed by atoms with E-state index in [9.17, 15) is 14.4 Å². The van der Waals surface area contributed by atoms with Gasteiger partial charge in [0.05, 0.1) is 19.8 Å². The van der Waals surface area contributed by atoms with Crippen LogP contribution in [0.1, 0.15) is 45.1 Å². The lowest BCUT2D eigenvalue weighted by atomic mass is 9.94. The van der Waals surface area contributed by atoms with E-state index >= 15 is 0 Å². The third kappa shape index (κ3) is 5.91. The molecule has 2 saturated heterocycles. The number of nitrogens with one attached hydrogen (secondary N) is 2. The molecule has 9 heteroatoms. The van der Waals surface area contributed by atoms with Crippen molar-refractivity contribution in [3.63, 3.8) is 0 Å². The lowest BCUT2D eigenvalue weighted by molar-refractivity contribution is -0.128. The van der Waals surface area contributed by atoms with Gasteiger partial charge in [0.15, 0.2) is 11.5 Å². The van der Waals surface area contributed by atoms with Gasteiger partial charge in [0.25, 0.3) is 5.91 Å². The smallest absolute Gasteiger partial charge is 0.324 e. The van der Waals surface area contributed by atoms with Crippen molar-refractivity contribution in [1.82, 2.24) is 15.5 Å². The van der Waals surface area contributed by atoms with Crippen LogP contribution < -0.4 is 20.1 Å². The summed E-state index contributed by atoms with van der Waals surface area (Å²) in [5.41, 5.74) is 0.672. The number of nitrogens with zero attached hydrogens (tertiary/aromatic N) is 1. The Bertz CT molecular complexity index is 856. The molecule has 3 rings (SSSR count). The molecule has 9 nitrogen and oxygen atoms in total. The highest BCUT2D eigenvalue weighted by Crippen LogP contribution is 2.28. The molecule has 0 aliphatic carbocycles. The Labute approximate surface area is 188 Å². The van der Waals surface area contributed by atoms with Gasteiger partial charge in [-0.2, -0.15) is 0 Å². The van der Waals surface area contributed by atoms with E-state index < -0.39 is 12.1 Å². The number of benzene rings is 1. The van der Waals surface area contributed by atoms with Crippen LogP contribution >= 0.6 is 0 Å². The van der Waals surface area contributed by atoms with E-state index in [0.29, 0.717) is 24.5 Å². The average molecular weight is 448 g/mol. The molecule has 32 heavy (non-hydrogen) atoms. The number of hydrogen-bond donors (Lipinski definition) is 2. The first-order valence-corrected chi connectivity index (χ1v) is 11.0. The molecule has 176 valence electrons. The van der Waals surface area contributed by atoms with Gasteiger partial charge in [0.1, 0.15) is 6.04 Å². The maximum atomic E-state index is 12.7. The van der Waals surface area contributed by atoms with E-state index in [1.165, 1.54) is 4.90 Å². The van der Waals surface area contributed by atoms with Crippen LogP contribution in [0.3, 0.4) is 0 Å². The van der Waals surface area contributed by atoms with Gasteiger partial charge in [-0.25, -0.2) is 4.79 Å². The Balaban J connectivity index is 1.47. The third-order valence-corrected chi connectivity index (χ3v) is 5.90. The Morgan fingerprint density at radius 1 is 1.25 bits per heavy atom.